The van der Waals surface area contributed by atoms with E-state index in [2.05, 4.69) is 29.0 Å². The second-order valence-corrected chi connectivity index (χ2v) is 6.98. The van der Waals surface area contributed by atoms with Gasteiger partial charge in [0.2, 0.25) is 0 Å². The number of fused-ring (bicyclic) bond motifs is 3. The number of hydrogen-bond donors (Lipinski definition) is 1. The Morgan fingerprint density at radius 2 is 2.15 bits per heavy atom. The number of nitrogens with two attached hydrogens (primary N) is 1. The van der Waals surface area contributed by atoms with Gasteiger partial charge in [0.1, 0.15) is 4.99 Å². The van der Waals surface area contributed by atoms with E-state index in [4.69, 9.17) is 18.0 Å². The quantitative estimate of drug-likeness (QED) is 0.871. The van der Waals surface area contributed by atoms with Gasteiger partial charge in [-0.1, -0.05) is 18.6 Å². The molecule has 2 bridgehead atoms. The van der Waals surface area contributed by atoms with Crippen molar-refractivity contribution in [2.75, 3.05) is 0 Å². The van der Waals surface area contributed by atoms with E-state index in [9.17, 15) is 0 Å². The lowest BCUT2D eigenvalue weighted by Gasteiger charge is -2.22. The molecule has 1 heterocycles. The van der Waals surface area contributed by atoms with Crippen LogP contribution < -0.4 is 5.73 Å². The molecule has 4 rings (SSSR count). The molecule has 1 aromatic heterocycles. The van der Waals surface area contributed by atoms with Crippen molar-refractivity contribution in [3.05, 3.63) is 36.0 Å². The Bertz CT molecular complexity index is 673. The van der Waals surface area contributed by atoms with E-state index < -0.39 is 0 Å². The predicted molar refractivity (Wildman–Crippen MR) is 86.8 cm³/mol. The molecule has 2 aliphatic carbocycles. The number of hydrogen-bond acceptors (Lipinski definition) is 1. The van der Waals surface area contributed by atoms with Crippen LogP contribution in [0, 0.1) is 17.8 Å². The number of aromatic nitrogens is 1. The molecular formula is C17H20N2S. The molecule has 3 atom stereocenters. The molecule has 0 aliphatic heterocycles. The van der Waals surface area contributed by atoms with E-state index in [1.165, 1.54) is 43.1 Å². The molecule has 104 valence electrons. The minimum absolute atomic E-state index is 0.479. The normalized spacial score (nSPS) is 28.3. The summed E-state index contributed by atoms with van der Waals surface area (Å²) in [4.78, 5) is 0.479. The smallest absolute Gasteiger partial charge is 0.104 e. The minimum Gasteiger partial charge on any atom is -0.389 e. The second kappa shape index (κ2) is 4.59. The summed E-state index contributed by atoms with van der Waals surface area (Å²) in [7, 11) is 0. The van der Waals surface area contributed by atoms with Crippen molar-refractivity contribution in [2.45, 2.75) is 32.2 Å². The Balaban J connectivity index is 1.62. The molecule has 1 aromatic carbocycles. The first-order chi connectivity index (χ1) is 9.70. The van der Waals surface area contributed by atoms with Gasteiger partial charge < -0.3 is 10.3 Å². The molecule has 2 fully saturated rings. The fraction of sp³-hybridized carbons (Fsp3) is 0.471. The van der Waals surface area contributed by atoms with Crippen molar-refractivity contribution in [3.8, 4) is 0 Å². The van der Waals surface area contributed by atoms with Crippen molar-refractivity contribution in [1.29, 1.82) is 0 Å². The fourth-order valence-electron chi connectivity index (χ4n) is 4.37. The van der Waals surface area contributed by atoms with Gasteiger partial charge in [-0.25, -0.2) is 0 Å². The van der Waals surface area contributed by atoms with Crippen LogP contribution in [0.3, 0.4) is 0 Å². The van der Waals surface area contributed by atoms with Crippen LogP contribution >= 0.6 is 12.2 Å². The van der Waals surface area contributed by atoms with Crippen molar-refractivity contribution >= 4 is 28.1 Å². The molecule has 0 radical (unpaired) electrons. The summed E-state index contributed by atoms with van der Waals surface area (Å²) in [5.74, 6) is 2.89. The summed E-state index contributed by atoms with van der Waals surface area (Å²) >= 11 is 5.05. The molecule has 2 saturated carbocycles. The number of nitrogens with zero attached hydrogens (tertiary/aromatic N) is 1. The summed E-state index contributed by atoms with van der Waals surface area (Å²) in [6, 6.07) is 8.50. The molecule has 0 saturated heterocycles. The molecule has 2 nitrogen and oxygen atoms in total. The van der Waals surface area contributed by atoms with Gasteiger partial charge >= 0.3 is 0 Å². The zero-order valence-corrected chi connectivity index (χ0v) is 12.4. The summed E-state index contributed by atoms with van der Waals surface area (Å²) in [6.07, 6.45) is 8.08. The van der Waals surface area contributed by atoms with E-state index in [0.717, 1.165) is 23.3 Å². The van der Waals surface area contributed by atoms with Gasteiger partial charge in [-0.05, 0) is 61.3 Å². The highest BCUT2D eigenvalue weighted by molar-refractivity contribution is 7.80. The van der Waals surface area contributed by atoms with Crippen LogP contribution in [0.4, 0.5) is 0 Å². The monoisotopic (exact) mass is 284 g/mol. The van der Waals surface area contributed by atoms with Crippen molar-refractivity contribution in [3.63, 3.8) is 0 Å². The lowest BCUT2D eigenvalue weighted by atomic mass is 9.89. The summed E-state index contributed by atoms with van der Waals surface area (Å²) in [6.45, 7) is 1.18. The third kappa shape index (κ3) is 1.96. The molecule has 2 aromatic rings. The predicted octanol–water partition coefficient (Wildman–Crippen LogP) is 3.71. The zero-order chi connectivity index (χ0) is 13.7. The largest absolute Gasteiger partial charge is 0.389 e. The Morgan fingerprint density at radius 1 is 1.25 bits per heavy atom. The van der Waals surface area contributed by atoms with Crippen LogP contribution in [0.2, 0.25) is 0 Å². The highest BCUT2D eigenvalue weighted by Gasteiger charge is 2.39. The zero-order valence-electron chi connectivity index (χ0n) is 11.6. The lowest BCUT2D eigenvalue weighted by Crippen LogP contribution is -2.16. The summed E-state index contributed by atoms with van der Waals surface area (Å²) in [5.41, 5.74) is 7.99. The summed E-state index contributed by atoms with van der Waals surface area (Å²) < 4.78 is 2.42. The van der Waals surface area contributed by atoms with E-state index in [1.54, 1.807) is 0 Å². The van der Waals surface area contributed by atoms with E-state index in [-0.39, 0.29) is 0 Å². The highest BCUT2D eigenvalue weighted by atomic mass is 32.1. The summed E-state index contributed by atoms with van der Waals surface area (Å²) in [5, 5.41) is 1.25. The topological polar surface area (TPSA) is 30.9 Å². The van der Waals surface area contributed by atoms with Gasteiger partial charge in [0.05, 0.1) is 0 Å². The maximum Gasteiger partial charge on any atom is 0.104 e. The molecule has 2 aliphatic rings. The molecular weight excluding hydrogens is 264 g/mol. The van der Waals surface area contributed by atoms with Crippen LogP contribution in [-0.4, -0.2) is 9.56 Å². The molecule has 0 spiro atoms. The van der Waals surface area contributed by atoms with E-state index >= 15 is 0 Å². The second-order valence-electron chi connectivity index (χ2n) is 6.54. The molecule has 2 N–H and O–H groups in total. The van der Waals surface area contributed by atoms with E-state index in [1.807, 2.05) is 6.07 Å². The average Bonchev–Trinajstić information content (AvgIpc) is 3.14. The third-order valence-electron chi connectivity index (χ3n) is 5.37. The SMILES string of the molecule is NC(=S)c1ccc2c(ccn2CC2CC3CCC2C3)c1. The van der Waals surface area contributed by atoms with Gasteiger partial charge in [0.25, 0.3) is 0 Å². The van der Waals surface area contributed by atoms with Crippen molar-refractivity contribution < 1.29 is 0 Å². The van der Waals surface area contributed by atoms with Crippen LogP contribution in [0.15, 0.2) is 30.5 Å². The fourth-order valence-corrected chi connectivity index (χ4v) is 4.49. The van der Waals surface area contributed by atoms with Gasteiger partial charge in [-0.3, -0.25) is 0 Å². The first-order valence-electron chi connectivity index (χ1n) is 7.59. The Kier molecular flexibility index (Phi) is 2.84. The van der Waals surface area contributed by atoms with Crippen LogP contribution in [0.5, 0.6) is 0 Å². The number of benzene rings is 1. The molecule has 3 heteroatoms. The third-order valence-corrected chi connectivity index (χ3v) is 5.61. The molecule has 20 heavy (non-hydrogen) atoms. The van der Waals surface area contributed by atoms with Gasteiger partial charge in [0.15, 0.2) is 0 Å². The maximum absolute atomic E-state index is 5.71. The van der Waals surface area contributed by atoms with Crippen LogP contribution in [0.25, 0.3) is 10.9 Å². The minimum atomic E-state index is 0.479. The first-order valence-corrected chi connectivity index (χ1v) is 8.00. The Hall–Kier alpha value is -1.35. The lowest BCUT2D eigenvalue weighted by molar-refractivity contribution is 0.299. The Labute approximate surface area is 125 Å². The van der Waals surface area contributed by atoms with Crippen LogP contribution in [-0.2, 0) is 6.54 Å². The van der Waals surface area contributed by atoms with E-state index in [0.29, 0.717) is 4.99 Å². The Morgan fingerprint density at radius 3 is 2.85 bits per heavy atom. The van der Waals surface area contributed by atoms with Crippen molar-refractivity contribution in [1.82, 2.24) is 4.57 Å². The van der Waals surface area contributed by atoms with Gasteiger partial charge in [-0.2, -0.15) is 0 Å². The number of thiocarbonyl (C=S) groups is 1. The standard InChI is InChI=1S/C17H20N2S/c18-17(20)14-3-4-16-13(9-14)5-6-19(16)10-15-8-11-1-2-12(15)7-11/h3-6,9,11-12,15H,1-2,7-8,10H2,(H2,18,20). The maximum atomic E-state index is 5.71. The number of rotatable bonds is 3. The first kappa shape index (κ1) is 12.4. The average molecular weight is 284 g/mol. The highest BCUT2D eigenvalue weighted by Crippen LogP contribution is 2.49. The van der Waals surface area contributed by atoms with Gasteiger partial charge in [-0.15, -0.1) is 0 Å². The van der Waals surface area contributed by atoms with Gasteiger partial charge in [0, 0.05) is 29.2 Å². The van der Waals surface area contributed by atoms with Crippen molar-refractivity contribution in [2.24, 2.45) is 23.5 Å². The van der Waals surface area contributed by atoms with Crippen LogP contribution in [0.1, 0.15) is 31.2 Å². The molecule has 0 amide bonds. The molecule has 3 unspecified atom stereocenters.